The van der Waals surface area contributed by atoms with Crippen molar-refractivity contribution in [2.45, 2.75) is 44.8 Å². The van der Waals surface area contributed by atoms with Crippen LogP contribution in [0.3, 0.4) is 0 Å². The van der Waals surface area contributed by atoms with E-state index in [4.69, 9.17) is 0 Å². The lowest BCUT2D eigenvalue weighted by atomic mass is 9.74. The molecule has 0 saturated carbocycles. The third-order valence-electron chi connectivity index (χ3n) is 5.57. The van der Waals surface area contributed by atoms with Crippen LogP contribution in [0.4, 0.5) is 0 Å². The minimum absolute atomic E-state index is 0.0000710. The molecular formula is C23H28N2O3. The molecule has 5 nitrogen and oxygen atoms in total. The second-order valence-corrected chi connectivity index (χ2v) is 7.60. The number of aliphatic hydroxyl groups is 1. The molecule has 0 aliphatic carbocycles. The summed E-state index contributed by atoms with van der Waals surface area (Å²) in [4.78, 5) is 28.9. The van der Waals surface area contributed by atoms with Gasteiger partial charge in [0.15, 0.2) is 0 Å². The molecule has 0 bridgehead atoms. The van der Waals surface area contributed by atoms with E-state index in [1.165, 1.54) is 6.92 Å². The van der Waals surface area contributed by atoms with Crippen LogP contribution in [-0.4, -0.2) is 58.0 Å². The molecule has 0 unspecified atom stereocenters. The van der Waals surface area contributed by atoms with Crippen LogP contribution in [0.2, 0.25) is 0 Å². The third-order valence-corrected chi connectivity index (χ3v) is 5.57. The fourth-order valence-electron chi connectivity index (χ4n) is 4.21. The maximum absolute atomic E-state index is 13.1. The van der Waals surface area contributed by atoms with Gasteiger partial charge in [-0.15, -0.1) is 0 Å². The number of hydrogen-bond donors (Lipinski definition) is 1. The molecular weight excluding hydrogens is 352 g/mol. The molecule has 1 N–H and O–H groups in total. The Bertz CT molecular complexity index is 807. The van der Waals surface area contributed by atoms with Gasteiger partial charge in [0, 0.05) is 31.0 Å². The van der Waals surface area contributed by atoms with Crippen molar-refractivity contribution in [3.05, 3.63) is 71.8 Å². The molecule has 0 aromatic heterocycles. The Morgan fingerprint density at radius 3 is 2.07 bits per heavy atom. The maximum atomic E-state index is 13.1. The molecule has 3 atom stereocenters. The Hall–Kier alpha value is -2.66. The van der Waals surface area contributed by atoms with Gasteiger partial charge in [-0.05, 0) is 31.5 Å². The SMILES string of the molecule is CC(=O)N1[C@H](CN(C(=O)c2ccccc2)C(C)C)[C@H](c2ccccc2)[C@@H]1CO. The number of carbonyl (C=O) groups excluding carboxylic acids is 2. The lowest BCUT2D eigenvalue weighted by molar-refractivity contribution is -0.149. The largest absolute Gasteiger partial charge is 0.394 e. The van der Waals surface area contributed by atoms with Crippen LogP contribution in [0.1, 0.15) is 42.6 Å². The lowest BCUT2D eigenvalue weighted by Gasteiger charge is -2.56. The zero-order valence-corrected chi connectivity index (χ0v) is 16.7. The Labute approximate surface area is 166 Å². The van der Waals surface area contributed by atoms with Gasteiger partial charge in [-0.1, -0.05) is 48.5 Å². The molecule has 2 aromatic carbocycles. The number of hydrogen-bond acceptors (Lipinski definition) is 3. The summed E-state index contributed by atoms with van der Waals surface area (Å²) in [7, 11) is 0. The van der Waals surface area contributed by atoms with Crippen LogP contribution < -0.4 is 0 Å². The summed E-state index contributed by atoms with van der Waals surface area (Å²) < 4.78 is 0. The molecule has 1 saturated heterocycles. The summed E-state index contributed by atoms with van der Waals surface area (Å²) in [6, 6.07) is 18.7. The summed E-state index contributed by atoms with van der Waals surface area (Å²) in [5, 5.41) is 9.91. The Kier molecular flexibility index (Phi) is 6.15. The first-order chi connectivity index (χ1) is 13.5. The normalized spacial score (nSPS) is 21.3. The first-order valence-electron chi connectivity index (χ1n) is 9.76. The van der Waals surface area contributed by atoms with Crippen molar-refractivity contribution in [3.63, 3.8) is 0 Å². The lowest BCUT2D eigenvalue weighted by Crippen LogP contribution is -2.68. The number of likely N-dealkylation sites (tertiary alicyclic amines) is 1. The van der Waals surface area contributed by atoms with E-state index in [-0.39, 0.29) is 42.5 Å². The Morgan fingerprint density at radius 1 is 1.00 bits per heavy atom. The van der Waals surface area contributed by atoms with Crippen LogP contribution in [-0.2, 0) is 4.79 Å². The Balaban J connectivity index is 1.90. The highest BCUT2D eigenvalue weighted by Crippen LogP contribution is 2.41. The fourth-order valence-corrected chi connectivity index (χ4v) is 4.21. The van der Waals surface area contributed by atoms with Gasteiger partial charge in [-0.2, -0.15) is 0 Å². The zero-order valence-electron chi connectivity index (χ0n) is 16.7. The van der Waals surface area contributed by atoms with Crippen LogP contribution in [0, 0.1) is 0 Å². The number of benzene rings is 2. The van der Waals surface area contributed by atoms with Gasteiger partial charge in [0.25, 0.3) is 5.91 Å². The summed E-state index contributed by atoms with van der Waals surface area (Å²) in [6.07, 6.45) is 0. The highest BCUT2D eigenvalue weighted by molar-refractivity contribution is 5.94. The first kappa shape index (κ1) is 20.1. The second-order valence-electron chi connectivity index (χ2n) is 7.60. The highest BCUT2D eigenvalue weighted by atomic mass is 16.3. The van der Waals surface area contributed by atoms with E-state index in [9.17, 15) is 14.7 Å². The molecule has 1 aliphatic rings. The molecule has 1 fully saturated rings. The van der Waals surface area contributed by atoms with Crippen molar-refractivity contribution in [2.75, 3.05) is 13.2 Å². The van der Waals surface area contributed by atoms with Gasteiger partial charge in [-0.3, -0.25) is 9.59 Å². The number of nitrogens with zero attached hydrogens (tertiary/aromatic N) is 2. The number of aliphatic hydroxyl groups excluding tert-OH is 1. The monoisotopic (exact) mass is 380 g/mol. The van der Waals surface area contributed by atoms with Crippen molar-refractivity contribution < 1.29 is 14.7 Å². The fraction of sp³-hybridized carbons (Fsp3) is 0.391. The van der Waals surface area contributed by atoms with Crippen molar-refractivity contribution >= 4 is 11.8 Å². The molecule has 2 aromatic rings. The topological polar surface area (TPSA) is 60.9 Å². The van der Waals surface area contributed by atoms with E-state index in [1.807, 2.05) is 79.4 Å². The molecule has 2 amide bonds. The standard InChI is InChI=1S/C23H28N2O3/c1-16(2)24(23(28)19-12-8-5-9-13-19)14-20-22(18-10-6-4-7-11-18)21(15-26)25(20)17(3)27/h4-13,16,20-22,26H,14-15H2,1-3H3/t20-,21+,22+/m1/s1. The van der Waals surface area contributed by atoms with Crippen molar-refractivity contribution in [1.29, 1.82) is 0 Å². The first-order valence-corrected chi connectivity index (χ1v) is 9.76. The van der Waals surface area contributed by atoms with Gasteiger partial charge >= 0.3 is 0 Å². The predicted octanol–water partition coefficient (Wildman–Crippen LogP) is 2.91. The van der Waals surface area contributed by atoms with Gasteiger partial charge in [0.05, 0.1) is 18.7 Å². The molecule has 1 heterocycles. The number of amides is 2. The van der Waals surface area contributed by atoms with E-state index in [2.05, 4.69) is 0 Å². The summed E-state index contributed by atoms with van der Waals surface area (Å²) >= 11 is 0. The molecule has 28 heavy (non-hydrogen) atoms. The quantitative estimate of drug-likeness (QED) is 0.838. The highest BCUT2D eigenvalue weighted by Gasteiger charge is 2.51. The molecule has 5 heteroatoms. The van der Waals surface area contributed by atoms with E-state index in [0.717, 1.165) is 5.56 Å². The van der Waals surface area contributed by atoms with E-state index < -0.39 is 0 Å². The van der Waals surface area contributed by atoms with Crippen LogP contribution in [0.5, 0.6) is 0 Å². The Morgan fingerprint density at radius 2 is 1.57 bits per heavy atom. The van der Waals surface area contributed by atoms with Crippen molar-refractivity contribution in [3.8, 4) is 0 Å². The minimum atomic E-state index is -0.259. The number of rotatable bonds is 6. The van der Waals surface area contributed by atoms with Gasteiger partial charge < -0.3 is 14.9 Å². The molecule has 0 spiro atoms. The molecule has 148 valence electrons. The average molecular weight is 380 g/mol. The van der Waals surface area contributed by atoms with E-state index in [1.54, 1.807) is 4.90 Å². The zero-order chi connectivity index (χ0) is 20.3. The van der Waals surface area contributed by atoms with Crippen molar-refractivity contribution in [1.82, 2.24) is 9.80 Å². The second kappa shape index (κ2) is 8.57. The average Bonchev–Trinajstić information content (AvgIpc) is 2.68. The van der Waals surface area contributed by atoms with Crippen LogP contribution >= 0.6 is 0 Å². The molecule has 3 rings (SSSR count). The van der Waals surface area contributed by atoms with E-state index in [0.29, 0.717) is 12.1 Å². The summed E-state index contributed by atoms with van der Waals surface area (Å²) in [6.45, 7) is 5.83. The van der Waals surface area contributed by atoms with Crippen molar-refractivity contribution in [2.24, 2.45) is 0 Å². The van der Waals surface area contributed by atoms with Crippen LogP contribution in [0.15, 0.2) is 60.7 Å². The molecule has 1 aliphatic heterocycles. The number of carbonyl (C=O) groups is 2. The van der Waals surface area contributed by atoms with Gasteiger partial charge in [0.1, 0.15) is 0 Å². The third kappa shape index (κ3) is 3.80. The van der Waals surface area contributed by atoms with E-state index >= 15 is 0 Å². The maximum Gasteiger partial charge on any atom is 0.254 e. The summed E-state index contributed by atoms with van der Waals surface area (Å²) in [5.41, 5.74) is 1.72. The predicted molar refractivity (Wildman–Crippen MR) is 109 cm³/mol. The van der Waals surface area contributed by atoms with Gasteiger partial charge in [0.2, 0.25) is 5.91 Å². The van der Waals surface area contributed by atoms with Gasteiger partial charge in [-0.25, -0.2) is 0 Å². The minimum Gasteiger partial charge on any atom is -0.394 e. The summed E-state index contributed by atoms with van der Waals surface area (Å²) in [5.74, 6) is -0.120. The smallest absolute Gasteiger partial charge is 0.254 e. The molecule has 0 radical (unpaired) electrons. The van der Waals surface area contributed by atoms with Crippen LogP contribution in [0.25, 0.3) is 0 Å².